The van der Waals surface area contributed by atoms with E-state index in [1.54, 1.807) is 12.4 Å². The third-order valence-corrected chi connectivity index (χ3v) is 2.57. The maximum Gasteiger partial charge on any atom is 0.257 e. The van der Waals surface area contributed by atoms with Crippen LogP contribution in [0.3, 0.4) is 0 Å². The summed E-state index contributed by atoms with van der Waals surface area (Å²) in [5, 5.41) is 2.96. The van der Waals surface area contributed by atoms with Gasteiger partial charge in [-0.05, 0) is 24.6 Å². The van der Waals surface area contributed by atoms with Gasteiger partial charge in [0, 0.05) is 12.4 Å². The molecule has 0 saturated carbocycles. The molecule has 18 heavy (non-hydrogen) atoms. The second kappa shape index (κ2) is 5.01. The fourth-order valence-electron chi connectivity index (χ4n) is 1.40. The summed E-state index contributed by atoms with van der Waals surface area (Å²) < 4.78 is 0. The lowest BCUT2D eigenvalue weighted by atomic mass is 10.2. The molecule has 0 radical (unpaired) electrons. The average Bonchev–Trinajstić information content (AvgIpc) is 2.32. The van der Waals surface area contributed by atoms with E-state index in [-0.39, 0.29) is 16.7 Å². The molecule has 0 aliphatic rings. The monoisotopic (exact) mass is 262 g/mol. The third-order valence-electron chi connectivity index (χ3n) is 2.26. The zero-order valence-electron chi connectivity index (χ0n) is 9.64. The minimum absolute atomic E-state index is 0.199. The van der Waals surface area contributed by atoms with Crippen LogP contribution in [0, 0.1) is 6.92 Å². The molecular formula is C12H11ClN4O. The van der Waals surface area contributed by atoms with Crippen LogP contribution in [0.4, 0.5) is 11.5 Å². The number of nitrogens with zero attached hydrogens (tertiary/aromatic N) is 2. The van der Waals surface area contributed by atoms with Crippen LogP contribution in [0.1, 0.15) is 15.9 Å². The van der Waals surface area contributed by atoms with Crippen molar-refractivity contribution in [1.82, 2.24) is 9.97 Å². The van der Waals surface area contributed by atoms with E-state index in [0.29, 0.717) is 11.3 Å². The zero-order chi connectivity index (χ0) is 13.1. The van der Waals surface area contributed by atoms with Crippen LogP contribution in [0.2, 0.25) is 5.02 Å². The molecule has 5 nitrogen and oxygen atoms in total. The Morgan fingerprint density at radius 1 is 1.33 bits per heavy atom. The van der Waals surface area contributed by atoms with Gasteiger partial charge < -0.3 is 11.1 Å². The number of amides is 1. The Morgan fingerprint density at radius 2 is 2.11 bits per heavy atom. The van der Waals surface area contributed by atoms with Crippen molar-refractivity contribution in [3.8, 4) is 0 Å². The van der Waals surface area contributed by atoms with Crippen molar-refractivity contribution in [3.05, 3.63) is 46.9 Å². The Labute approximate surface area is 109 Å². The topological polar surface area (TPSA) is 80.9 Å². The lowest BCUT2D eigenvalue weighted by Gasteiger charge is -2.06. The first-order chi connectivity index (χ1) is 8.56. The SMILES string of the molecule is Cc1cncc(NC(=O)c2cnc(N)c(Cl)c2)c1. The molecule has 3 N–H and O–H groups in total. The van der Waals surface area contributed by atoms with E-state index in [1.165, 1.54) is 12.3 Å². The number of nitrogen functional groups attached to an aromatic ring is 1. The third kappa shape index (κ3) is 2.75. The number of rotatable bonds is 2. The summed E-state index contributed by atoms with van der Waals surface area (Å²) in [4.78, 5) is 19.7. The molecule has 0 atom stereocenters. The second-order valence-electron chi connectivity index (χ2n) is 3.80. The van der Waals surface area contributed by atoms with Gasteiger partial charge in [-0.25, -0.2) is 4.98 Å². The van der Waals surface area contributed by atoms with Gasteiger partial charge in [-0.3, -0.25) is 9.78 Å². The molecule has 1 amide bonds. The second-order valence-corrected chi connectivity index (χ2v) is 4.20. The van der Waals surface area contributed by atoms with Gasteiger partial charge in [0.15, 0.2) is 0 Å². The highest BCUT2D eigenvalue weighted by atomic mass is 35.5. The van der Waals surface area contributed by atoms with Gasteiger partial charge in [-0.1, -0.05) is 11.6 Å². The Hall–Kier alpha value is -2.14. The minimum Gasteiger partial charge on any atom is -0.382 e. The van der Waals surface area contributed by atoms with Crippen LogP contribution < -0.4 is 11.1 Å². The van der Waals surface area contributed by atoms with Gasteiger partial charge in [-0.2, -0.15) is 0 Å². The molecule has 0 saturated heterocycles. The van der Waals surface area contributed by atoms with Gasteiger partial charge >= 0.3 is 0 Å². The van der Waals surface area contributed by atoms with E-state index < -0.39 is 0 Å². The van der Waals surface area contributed by atoms with Crippen LogP contribution in [-0.4, -0.2) is 15.9 Å². The summed E-state index contributed by atoms with van der Waals surface area (Å²) >= 11 is 5.81. The fraction of sp³-hybridized carbons (Fsp3) is 0.0833. The normalized spacial score (nSPS) is 10.1. The Morgan fingerprint density at radius 3 is 2.78 bits per heavy atom. The molecule has 0 aromatic carbocycles. The number of hydrogen-bond acceptors (Lipinski definition) is 4. The van der Waals surface area contributed by atoms with Crippen LogP contribution >= 0.6 is 11.6 Å². The summed E-state index contributed by atoms with van der Waals surface area (Å²) in [7, 11) is 0. The summed E-state index contributed by atoms with van der Waals surface area (Å²) in [6.45, 7) is 1.89. The fourth-order valence-corrected chi connectivity index (χ4v) is 1.57. The first kappa shape index (κ1) is 12.3. The molecule has 0 spiro atoms. The largest absolute Gasteiger partial charge is 0.382 e. The lowest BCUT2D eigenvalue weighted by Crippen LogP contribution is -2.13. The van der Waals surface area contributed by atoms with Crippen molar-refractivity contribution in [3.63, 3.8) is 0 Å². The van der Waals surface area contributed by atoms with Crippen molar-refractivity contribution >= 4 is 29.0 Å². The van der Waals surface area contributed by atoms with Crippen molar-refractivity contribution in [1.29, 1.82) is 0 Å². The Balaban J connectivity index is 2.19. The number of anilines is 2. The van der Waals surface area contributed by atoms with Gasteiger partial charge in [0.05, 0.1) is 22.5 Å². The molecule has 0 aliphatic heterocycles. The van der Waals surface area contributed by atoms with Gasteiger partial charge in [0.25, 0.3) is 5.91 Å². The number of nitrogens with two attached hydrogens (primary N) is 1. The first-order valence-corrected chi connectivity index (χ1v) is 5.58. The number of carbonyl (C=O) groups excluding carboxylic acids is 1. The molecule has 0 aliphatic carbocycles. The van der Waals surface area contributed by atoms with E-state index >= 15 is 0 Å². The molecule has 2 rings (SSSR count). The minimum atomic E-state index is -0.309. The van der Waals surface area contributed by atoms with Crippen LogP contribution in [-0.2, 0) is 0 Å². The maximum absolute atomic E-state index is 11.9. The number of aromatic nitrogens is 2. The van der Waals surface area contributed by atoms with Crippen molar-refractivity contribution in [2.75, 3.05) is 11.1 Å². The maximum atomic E-state index is 11.9. The van der Waals surface area contributed by atoms with Gasteiger partial charge in [-0.15, -0.1) is 0 Å². The standard InChI is InChI=1S/C12H11ClN4O/c1-7-2-9(6-15-4-7)17-12(18)8-3-10(13)11(14)16-5-8/h2-6H,1H3,(H2,14,16)(H,17,18). The predicted octanol–water partition coefficient (Wildman–Crippen LogP) is 2.27. The molecule has 0 fully saturated rings. The summed E-state index contributed by atoms with van der Waals surface area (Å²) in [6.07, 6.45) is 4.65. The van der Waals surface area contributed by atoms with E-state index in [1.807, 2.05) is 13.0 Å². The van der Waals surface area contributed by atoms with Crippen LogP contribution in [0.25, 0.3) is 0 Å². The summed E-state index contributed by atoms with van der Waals surface area (Å²) in [5.74, 6) is -0.109. The van der Waals surface area contributed by atoms with Crippen LogP contribution in [0.5, 0.6) is 0 Å². The van der Waals surface area contributed by atoms with Crippen LogP contribution in [0.15, 0.2) is 30.7 Å². The molecule has 2 aromatic rings. The van der Waals surface area contributed by atoms with E-state index in [4.69, 9.17) is 17.3 Å². The van der Waals surface area contributed by atoms with Gasteiger partial charge in [0.1, 0.15) is 5.82 Å². The van der Waals surface area contributed by atoms with Crippen molar-refractivity contribution in [2.45, 2.75) is 6.92 Å². The van der Waals surface area contributed by atoms with E-state index in [9.17, 15) is 4.79 Å². The molecule has 0 bridgehead atoms. The molecular weight excluding hydrogens is 252 g/mol. The summed E-state index contributed by atoms with van der Waals surface area (Å²) in [5.41, 5.74) is 7.40. The lowest BCUT2D eigenvalue weighted by molar-refractivity contribution is 0.102. The van der Waals surface area contributed by atoms with Crippen molar-refractivity contribution in [2.24, 2.45) is 0 Å². The molecule has 0 unspecified atom stereocenters. The smallest absolute Gasteiger partial charge is 0.257 e. The molecule has 2 aromatic heterocycles. The highest BCUT2D eigenvalue weighted by Gasteiger charge is 2.09. The van der Waals surface area contributed by atoms with Crippen molar-refractivity contribution < 1.29 is 4.79 Å². The Kier molecular flexibility index (Phi) is 3.43. The number of aryl methyl sites for hydroxylation is 1. The average molecular weight is 263 g/mol. The summed E-state index contributed by atoms with van der Waals surface area (Å²) in [6, 6.07) is 3.29. The first-order valence-electron chi connectivity index (χ1n) is 5.20. The molecule has 6 heteroatoms. The molecule has 92 valence electrons. The molecule has 2 heterocycles. The van der Waals surface area contributed by atoms with E-state index in [2.05, 4.69) is 15.3 Å². The number of nitrogens with one attached hydrogen (secondary N) is 1. The van der Waals surface area contributed by atoms with Gasteiger partial charge in [0.2, 0.25) is 0 Å². The predicted molar refractivity (Wildman–Crippen MR) is 70.6 cm³/mol. The number of pyridine rings is 2. The number of carbonyl (C=O) groups is 1. The number of hydrogen-bond donors (Lipinski definition) is 2. The van der Waals surface area contributed by atoms with E-state index in [0.717, 1.165) is 5.56 Å². The highest BCUT2D eigenvalue weighted by Crippen LogP contribution is 2.17. The highest BCUT2D eigenvalue weighted by molar-refractivity contribution is 6.33. The Bertz CT molecular complexity index is 600. The number of halogens is 1. The quantitative estimate of drug-likeness (QED) is 0.870. The zero-order valence-corrected chi connectivity index (χ0v) is 10.4.